The molecule has 3 aromatic rings. The first-order valence-electron chi connectivity index (χ1n) is 11.9. The van der Waals surface area contributed by atoms with E-state index in [0.29, 0.717) is 30.1 Å². The summed E-state index contributed by atoms with van der Waals surface area (Å²) in [5.41, 5.74) is 8.75. The molecule has 172 valence electrons. The molecule has 0 aliphatic heterocycles. The number of fused-ring (bicyclic) bond motifs is 3. The Morgan fingerprint density at radius 2 is 2.09 bits per heavy atom. The van der Waals surface area contributed by atoms with E-state index in [1.54, 1.807) is 0 Å². The van der Waals surface area contributed by atoms with Crippen LogP contribution in [0.2, 0.25) is 0 Å². The highest BCUT2D eigenvalue weighted by Gasteiger charge is 2.33. The van der Waals surface area contributed by atoms with Gasteiger partial charge in [-0.1, -0.05) is 45.4 Å². The fraction of sp³-hybridized carbons (Fsp3) is 0.560. The number of pyridine rings is 1. The van der Waals surface area contributed by atoms with E-state index in [-0.39, 0.29) is 12.2 Å². The van der Waals surface area contributed by atoms with Gasteiger partial charge in [-0.2, -0.15) is 0 Å². The summed E-state index contributed by atoms with van der Waals surface area (Å²) in [4.78, 5) is 21.3. The quantitative estimate of drug-likeness (QED) is 0.499. The number of rotatable bonds is 7. The van der Waals surface area contributed by atoms with Gasteiger partial charge < -0.3 is 20.4 Å². The van der Waals surface area contributed by atoms with Crippen molar-refractivity contribution in [2.24, 2.45) is 17.8 Å². The highest BCUT2D eigenvalue weighted by atomic mass is 16.6. The zero-order valence-electron chi connectivity index (χ0n) is 19.4. The predicted octanol–water partition coefficient (Wildman–Crippen LogP) is 5.13. The number of aryl methyl sites for hydroxylation is 1. The standard InChI is InChI=1S/C25H35N5O2/c1-16(2)18-11-10-17(3)14-21(18)32-25(31)27-12-6-7-13-30-15-28-22-23(30)19-8-4-5-9-20(19)29-24(22)26/h4-5,8-9,15-18,21H,6-7,10-14H2,1-3H3,(H2,26,29)(H,27,31). The number of carbonyl (C=O) groups is 1. The molecule has 32 heavy (non-hydrogen) atoms. The van der Waals surface area contributed by atoms with Gasteiger partial charge >= 0.3 is 6.09 Å². The van der Waals surface area contributed by atoms with Crippen LogP contribution in [0.1, 0.15) is 52.9 Å². The highest BCUT2D eigenvalue weighted by Crippen LogP contribution is 2.35. The number of anilines is 1. The summed E-state index contributed by atoms with van der Waals surface area (Å²) in [5.74, 6) is 2.07. The maximum Gasteiger partial charge on any atom is 0.407 e. The lowest BCUT2D eigenvalue weighted by molar-refractivity contribution is 0.00622. The summed E-state index contributed by atoms with van der Waals surface area (Å²) in [6.07, 6.45) is 6.69. The molecule has 3 atom stereocenters. The number of nitrogens with one attached hydrogen (secondary N) is 1. The average Bonchev–Trinajstić information content (AvgIpc) is 3.18. The van der Waals surface area contributed by atoms with Gasteiger partial charge in [0.1, 0.15) is 11.6 Å². The van der Waals surface area contributed by atoms with E-state index in [1.165, 1.54) is 6.42 Å². The van der Waals surface area contributed by atoms with Crippen LogP contribution >= 0.6 is 0 Å². The summed E-state index contributed by atoms with van der Waals surface area (Å²) in [5, 5.41) is 4.00. The third kappa shape index (κ3) is 4.81. The van der Waals surface area contributed by atoms with Gasteiger partial charge in [0.2, 0.25) is 0 Å². The van der Waals surface area contributed by atoms with Gasteiger partial charge in [0.05, 0.1) is 17.4 Å². The Morgan fingerprint density at radius 3 is 2.91 bits per heavy atom. The Labute approximate surface area is 189 Å². The van der Waals surface area contributed by atoms with Crippen LogP contribution in [0.25, 0.3) is 21.9 Å². The second-order valence-corrected chi connectivity index (χ2v) is 9.55. The molecule has 1 fully saturated rings. The molecule has 1 saturated carbocycles. The Balaban J connectivity index is 1.29. The number of benzene rings is 1. The molecule has 7 heteroatoms. The van der Waals surface area contributed by atoms with Gasteiger partial charge in [-0.3, -0.25) is 0 Å². The van der Waals surface area contributed by atoms with Crippen molar-refractivity contribution in [1.82, 2.24) is 19.9 Å². The van der Waals surface area contributed by atoms with Crippen LogP contribution in [-0.2, 0) is 11.3 Å². The molecule has 3 N–H and O–H groups in total. The number of amides is 1. The van der Waals surface area contributed by atoms with Gasteiger partial charge in [0.15, 0.2) is 5.82 Å². The SMILES string of the molecule is CC1CCC(C(C)C)C(OC(=O)NCCCCn2cnc3c(N)nc4ccccc4c32)C1. The number of imidazole rings is 1. The fourth-order valence-electron chi connectivity index (χ4n) is 5.00. The number of hydrogen-bond acceptors (Lipinski definition) is 5. The first-order chi connectivity index (χ1) is 15.4. The van der Waals surface area contributed by atoms with Crippen LogP contribution in [0.4, 0.5) is 10.6 Å². The number of hydrogen-bond donors (Lipinski definition) is 2. The molecule has 0 spiro atoms. The second-order valence-electron chi connectivity index (χ2n) is 9.55. The van der Waals surface area contributed by atoms with Gasteiger partial charge in [0, 0.05) is 18.5 Å². The second kappa shape index (κ2) is 9.76. The van der Waals surface area contributed by atoms with Crippen LogP contribution in [0.5, 0.6) is 0 Å². The monoisotopic (exact) mass is 437 g/mol. The molecular weight excluding hydrogens is 402 g/mol. The van der Waals surface area contributed by atoms with E-state index >= 15 is 0 Å². The minimum atomic E-state index is -0.285. The topological polar surface area (TPSA) is 95.1 Å². The van der Waals surface area contributed by atoms with Gasteiger partial charge in [-0.05, 0) is 49.5 Å². The number of nitrogens with two attached hydrogens (primary N) is 1. The number of nitrogen functional groups attached to an aromatic ring is 1. The van der Waals surface area contributed by atoms with Crippen molar-refractivity contribution in [2.45, 2.75) is 65.5 Å². The van der Waals surface area contributed by atoms with Crippen molar-refractivity contribution in [1.29, 1.82) is 0 Å². The molecule has 1 aliphatic rings. The maximum absolute atomic E-state index is 12.4. The molecular formula is C25H35N5O2. The third-order valence-corrected chi connectivity index (χ3v) is 6.80. The molecule has 0 saturated heterocycles. The molecule has 1 amide bonds. The van der Waals surface area contributed by atoms with E-state index in [2.05, 4.69) is 46.7 Å². The van der Waals surface area contributed by atoms with Crippen molar-refractivity contribution in [2.75, 3.05) is 12.3 Å². The molecule has 1 aliphatic carbocycles. The number of carbonyl (C=O) groups excluding carboxylic acids is 1. The van der Waals surface area contributed by atoms with Crippen LogP contribution in [-0.4, -0.2) is 33.3 Å². The minimum Gasteiger partial charge on any atom is -0.446 e. The summed E-state index contributed by atoms with van der Waals surface area (Å²) in [7, 11) is 0. The highest BCUT2D eigenvalue weighted by molar-refractivity contribution is 6.06. The summed E-state index contributed by atoms with van der Waals surface area (Å²) >= 11 is 0. The largest absolute Gasteiger partial charge is 0.446 e. The summed E-state index contributed by atoms with van der Waals surface area (Å²) in [6.45, 7) is 8.10. The van der Waals surface area contributed by atoms with Crippen molar-refractivity contribution >= 4 is 33.8 Å². The van der Waals surface area contributed by atoms with Crippen LogP contribution < -0.4 is 11.1 Å². The average molecular weight is 438 g/mol. The molecule has 7 nitrogen and oxygen atoms in total. The van der Waals surface area contributed by atoms with E-state index in [4.69, 9.17) is 10.5 Å². The lowest BCUT2D eigenvalue weighted by Crippen LogP contribution is -2.39. The molecule has 0 radical (unpaired) electrons. The van der Waals surface area contributed by atoms with E-state index in [9.17, 15) is 4.79 Å². The van der Waals surface area contributed by atoms with Gasteiger partial charge in [-0.25, -0.2) is 14.8 Å². The smallest absolute Gasteiger partial charge is 0.407 e. The molecule has 4 rings (SSSR count). The Morgan fingerprint density at radius 1 is 1.28 bits per heavy atom. The van der Waals surface area contributed by atoms with Crippen LogP contribution in [0.3, 0.4) is 0 Å². The van der Waals surface area contributed by atoms with Crippen LogP contribution in [0.15, 0.2) is 30.6 Å². The van der Waals surface area contributed by atoms with Gasteiger partial charge in [-0.15, -0.1) is 0 Å². The van der Waals surface area contributed by atoms with E-state index < -0.39 is 0 Å². The fourth-order valence-corrected chi connectivity index (χ4v) is 5.00. The Bertz CT molecular complexity index is 1080. The normalized spacial score (nSPS) is 21.3. The summed E-state index contributed by atoms with van der Waals surface area (Å²) in [6, 6.07) is 7.98. The zero-order chi connectivity index (χ0) is 22.7. The first-order valence-corrected chi connectivity index (χ1v) is 11.9. The maximum atomic E-state index is 12.4. The first kappa shape index (κ1) is 22.4. The lowest BCUT2D eigenvalue weighted by Gasteiger charge is -2.36. The Hall–Kier alpha value is -2.83. The van der Waals surface area contributed by atoms with Crippen molar-refractivity contribution in [3.05, 3.63) is 30.6 Å². The number of alkyl carbamates (subject to hydrolysis) is 1. The van der Waals surface area contributed by atoms with E-state index in [1.807, 2.05) is 24.5 Å². The number of aromatic nitrogens is 3. The number of para-hydroxylation sites is 1. The molecule has 3 unspecified atom stereocenters. The predicted molar refractivity (Wildman–Crippen MR) is 128 cm³/mol. The van der Waals surface area contributed by atoms with Crippen molar-refractivity contribution in [3.63, 3.8) is 0 Å². The molecule has 2 aromatic heterocycles. The minimum absolute atomic E-state index is 0.0309. The molecule has 0 bridgehead atoms. The van der Waals surface area contributed by atoms with Crippen molar-refractivity contribution < 1.29 is 9.53 Å². The van der Waals surface area contributed by atoms with Crippen molar-refractivity contribution in [3.8, 4) is 0 Å². The number of unbranched alkanes of at least 4 members (excludes halogenated alkanes) is 1. The van der Waals surface area contributed by atoms with Crippen LogP contribution in [0, 0.1) is 17.8 Å². The van der Waals surface area contributed by atoms with Gasteiger partial charge in [0.25, 0.3) is 0 Å². The number of nitrogens with zero attached hydrogens (tertiary/aromatic N) is 3. The summed E-state index contributed by atoms with van der Waals surface area (Å²) < 4.78 is 7.95. The zero-order valence-corrected chi connectivity index (χ0v) is 19.4. The number of ether oxygens (including phenoxy) is 1. The molecule has 1 aromatic carbocycles. The lowest BCUT2D eigenvalue weighted by atomic mass is 9.75. The molecule has 2 heterocycles. The third-order valence-electron chi connectivity index (χ3n) is 6.80. The van der Waals surface area contributed by atoms with E-state index in [0.717, 1.165) is 54.2 Å². The Kier molecular flexibility index (Phi) is 6.82.